The van der Waals surface area contributed by atoms with Crippen molar-refractivity contribution in [2.24, 2.45) is 17.8 Å². The van der Waals surface area contributed by atoms with Gasteiger partial charge in [-0.3, -0.25) is 43.3 Å². The van der Waals surface area contributed by atoms with E-state index >= 15 is 9.59 Å². The van der Waals surface area contributed by atoms with Gasteiger partial charge in [-0.15, -0.1) is 0 Å². The van der Waals surface area contributed by atoms with Gasteiger partial charge in [-0.25, -0.2) is 4.79 Å². The molecule has 3 aromatic rings. The molecule has 20 heteroatoms. The van der Waals surface area contributed by atoms with Crippen molar-refractivity contribution in [3.8, 4) is 11.1 Å². The zero-order valence-corrected chi connectivity index (χ0v) is 48.1. The molecule has 20 nitrogen and oxygen atoms in total. The number of rotatable bonds is 12. The quantitative estimate of drug-likeness (QED) is 0.191. The van der Waals surface area contributed by atoms with Crippen molar-refractivity contribution in [3.05, 3.63) is 90.3 Å². The number of nitrogens with zero attached hydrogens (tertiary/aromatic N) is 6. The topological polar surface area (TPSA) is 248 Å². The number of benzene rings is 2. The van der Waals surface area contributed by atoms with Crippen molar-refractivity contribution < 1.29 is 53.0 Å². The number of hydrogen-bond acceptors (Lipinski definition) is 12. The first-order chi connectivity index (χ1) is 37.3. The van der Waals surface area contributed by atoms with E-state index in [-0.39, 0.29) is 38.1 Å². The van der Waals surface area contributed by atoms with Gasteiger partial charge in [-0.2, -0.15) is 0 Å². The molecule has 79 heavy (non-hydrogen) atoms. The highest BCUT2D eigenvalue weighted by molar-refractivity contribution is 5.98. The molecule has 2 saturated heterocycles. The normalized spacial score (nSPS) is 24.4. The van der Waals surface area contributed by atoms with Crippen LogP contribution in [0.4, 0.5) is 0 Å². The zero-order valence-electron chi connectivity index (χ0n) is 48.1. The number of pyridine rings is 1. The third kappa shape index (κ3) is 16.4. The molecule has 2 aromatic carbocycles. The van der Waals surface area contributed by atoms with Gasteiger partial charge in [0.1, 0.15) is 30.2 Å². The van der Waals surface area contributed by atoms with Gasteiger partial charge >= 0.3 is 5.97 Å². The van der Waals surface area contributed by atoms with Crippen molar-refractivity contribution in [2.75, 3.05) is 47.8 Å². The Kier molecular flexibility index (Phi) is 22.3. The van der Waals surface area contributed by atoms with Gasteiger partial charge in [0.05, 0.1) is 18.7 Å². The number of amides is 8. The van der Waals surface area contributed by atoms with Crippen LogP contribution in [-0.4, -0.2) is 184 Å². The summed E-state index contributed by atoms with van der Waals surface area (Å²) in [6.45, 7) is 12.4. The summed E-state index contributed by atoms with van der Waals surface area (Å²) >= 11 is 0. The molecule has 5 rings (SSSR count). The predicted octanol–water partition coefficient (Wildman–Crippen LogP) is 3.38. The number of hydrogen-bond donors (Lipinski definition) is 4. The number of aromatic nitrogens is 1. The summed E-state index contributed by atoms with van der Waals surface area (Å²) < 4.78 is 5.95. The van der Waals surface area contributed by atoms with E-state index < -0.39 is 126 Å². The summed E-state index contributed by atoms with van der Waals surface area (Å²) in [5.41, 5.74) is 1.04. The van der Waals surface area contributed by atoms with Crippen molar-refractivity contribution in [1.29, 1.82) is 0 Å². The van der Waals surface area contributed by atoms with Crippen molar-refractivity contribution in [3.63, 3.8) is 0 Å². The lowest BCUT2D eigenvalue weighted by Gasteiger charge is -2.38. The van der Waals surface area contributed by atoms with Gasteiger partial charge in [0.2, 0.25) is 41.4 Å². The van der Waals surface area contributed by atoms with Crippen LogP contribution in [0.15, 0.2) is 79.1 Å². The molecule has 0 spiro atoms. The van der Waals surface area contributed by atoms with E-state index in [1.165, 1.54) is 51.8 Å². The number of nitrogens with one attached hydrogen (secondary N) is 3. The maximum atomic E-state index is 15.4. The Morgan fingerprint density at radius 3 is 1.86 bits per heavy atom. The van der Waals surface area contributed by atoms with Crippen LogP contribution in [0.3, 0.4) is 0 Å². The van der Waals surface area contributed by atoms with Crippen LogP contribution in [0.25, 0.3) is 11.1 Å². The van der Waals surface area contributed by atoms with E-state index in [0.717, 1.165) is 25.8 Å². The van der Waals surface area contributed by atoms with Gasteiger partial charge in [-0.1, -0.05) is 109 Å². The Hall–Kier alpha value is -7.22. The lowest BCUT2D eigenvalue weighted by molar-refractivity contribution is -0.176. The zero-order chi connectivity index (χ0) is 58.5. The van der Waals surface area contributed by atoms with E-state index in [1.54, 1.807) is 69.6 Å². The number of carbonyl (C=O) groups is 9. The molecule has 0 aliphatic carbocycles. The second-order valence-electron chi connectivity index (χ2n) is 22.4. The Bertz CT molecular complexity index is 2630. The number of likely N-dealkylation sites (N-methyl/N-ethyl adjacent to an activating group) is 4. The molecule has 2 aliphatic rings. The molecule has 8 unspecified atom stereocenters. The Morgan fingerprint density at radius 2 is 1.27 bits per heavy atom. The second kappa shape index (κ2) is 28.1. The number of carbonyl (C=O) groups excluding carboxylic acids is 9. The van der Waals surface area contributed by atoms with Gasteiger partial charge in [0.15, 0.2) is 12.1 Å². The van der Waals surface area contributed by atoms with Crippen LogP contribution in [-0.2, 0) is 60.7 Å². The summed E-state index contributed by atoms with van der Waals surface area (Å²) in [7, 11) is 5.50. The smallest absolute Gasteiger partial charge is 0.332 e. The number of fused-ring (bicyclic) bond motifs is 1. The number of esters is 1. The van der Waals surface area contributed by atoms with E-state index in [0.29, 0.717) is 30.4 Å². The van der Waals surface area contributed by atoms with Gasteiger partial charge < -0.3 is 50.3 Å². The maximum absolute atomic E-state index is 15.4. The first-order valence-electron chi connectivity index (χ1n) is 27.5. The number of ether oxygens (including phenoxy) is 1. The average molecular weight is 1090 g/mol. The lowest BCUT2D eigenvalue weighted by Crippen LogP contribution is -2.61. The van der Waals surface area contributed by atoms with Crippen LogP contribution in [0, 0.1) is 17.8 Å². The molecule has 8 amide bonds. The SMILES string of the molecule is CCC(C)C1NC(=O)C2CCCN2C(=O)C(Cc2cccc(-c3cccnc3)c2)N(C)C(=O)C(Cc2ccccc2)NC(=O)CN(C)C(=O)C([C@H](C)CC)OC(=O)C(C(C)(C)O)N(C)C(=O)C(CC(C)C)NC(=O)CN(C)C1=O. The molecule has 0 radical (unpaired) electrons. The predicted molar refractivity (Wildman–Crippen MR) is 297 cm³/mol. The van der Waals surface area contributed by atoms with Gasteiger partial charge in [0, 0.05) is 65.9 Å². The van der Waals surface area contributed by atoms with Gasteiger partial charge in [0.25, 0.3) is 5.91 Å². The second-order valence-corrected chi connectivity index (χ2v) is 22.4. The molecular weight excluding hydrogens is 1010 g/mol. The molecule has 9 atom stereocenters. The standard InChI is InChI=1S/C59H83N9O11/c1-13-37(5)49-56(75)64(9)34-47(69)61-43(29-36(3)4)54(73)67(12)51(59(7,8)78)58(77)79-50(38(6)14-2)57(76)65(10)35-48(70)62-44(31-39-21-16-15-17-22-39)53(72)66(11)46(55(74)68-28-20-26-45(68)52(71)63-49)32-40-23-18-24-41(30-40)42-25-19-27-60-33-42/h15-19,21-25,27,30,33,36-38,43-46,49-51,78H,13-14,20,26,28-29,31-32,34-35H2,1-12H3,(H,61,69)(H,62,70)(H,63,71)/t37?,38-,43?,44?,45?,46?,49?,50?,51?/m1/s1. The molecular formula is C59H83N9O11. The Labute approximate surface area is 465 Å². The number of aliphatic hydroxyl groups is 1. The van der Waals surface area contributed by atoms with Crippen molar-refractivity contribution in [1.82, 2.24) is 45.4 Å². The van der Waals surface area contributed by atoms with Crippen LogP contribution < -0.4 is 16.0 Å². The van der Waals surface area contributed by atoms with Crippen LogP contribution in [0.2, 0.25) is 0 Å². The lowest BCUT2D eigenvalue weighted by atomic mass is 9.95. The average Bonchev–Trinajstić information content (AvgIpc) is 3.91. The summed E-state index contributed by atoms with van der Waals surface area (Å²) in [6, 6.07) is 12.5. The minimum atomic E-state index is -1.96. The molecule has 430 valence electrons. The largest absolute Gasteiger partial charge is 0.450 e. The highest BCUT2D eigenvalue weighted by Gasteiger charge is 2.46. The number of cyclic esters (lactones) is 1. The highest BCUT2D eigenvalue weighted by atomic mass is 16.6. The maximum Gasteiger partial charge on any atom is 0.332 e. The first-order valence-corrected chi connectivity index (χ1v) is 27.5. The van der Waals surface area contributed by atoms with E-state index in [4.69, 9.17) is 4.74 Å². The Balaban J connectivity index is 1.63. The molecule has 2 aliphatic heterocycles. The van der Waals surface area contributed by atoms with Gasteiger partial charge in [-0.05, 0) is 79.7 Å². The summed E-state index contributed by atoms with van der Waals surface area (Å²) in [5.74, 6) is -7.75. The van der Waals surface area contributed by atoms with E-state index in [9.17, 15) is 38.7 Å². The molecule has 4 N–H and O–H groups in total. The molecule has 0 saturated carbocycles. The summed E-state index contributed by atoms with van der Waals surface area (Å²) in [6.07, 6.45) is 3.40. The first kappa shape index (κ1) is 62.6. The summed E-state index contributed by atoms with van der Waals surface area (Å²) in [5, 5.41) is 20.0. The fourth-order valence-electron chi connectivity index (χ4n) is 10.2. The van der Waals surface area contributed by atoms with Crippen LogP contribution in [0.5, 0.6) is 0 Å². The molecule has 1 aromatic heterocycles. The van der Waals surface area contributed by atoms with Crippen LogP contribution in [0.1, 0.15) is 98.6 Å². The summed E-state index contributed by atoms with van der Waals surface area (Å²) in [4.78, 5) is 141. The third-order valence-electron chi connectivity index (χ3n) is 15.1. The monoisotopic (exact) mass is 1090 g/mol. The molecule has 3 heterocycles. The van der Waals surface area contributed by atoms with Crippen molar-refractivity contribution >= 4 is 53.2 Å². The van der Waals surface area contributed by atoms with Crippen molar-refractivity contribution in [2.45, 2.75) is 148 Å². The molecule has 2 fully saturated rings. The van der Waals surface area contributed by atoms with E-state index in [2.05, 4.69) is 20.9 Å². The van der Waals surface area contributed by atoms with Crippen LogP contribution >= 0.6 is 0 Å². The minimum absolute atomic E-state index is 0.00640. The molecule has 0 bridgehead atoms. The highest BCUT2D eigenvalue weighted by Crippen LogP contribution is 2.27. The third-order valence-corrected chi connectivity index (χ3v) is 15.1. The Morgan fingerprint density at radius 1 is 0.671 bits per heavy atom. The fourth-order valence-corrected chi connectivity index (χ4v) is 10.2. The van der Waals surface area contributed by atoms with E-state index in [1.807, 2.05) is 51.1 Å². The fraction of sp³-hybridized carbons (Fsp3) is 0.559. The minimum Gasteiger partial charge on any atom is -0.450 e.